The normalized spacial score (nSPS) is 9.92. The molecule has 66 valence electrons. The molecule has 0 heterocycles. The second-order valence-corrected chi connectivity index (χ2v) is 2.67. The maximum atomic E-state index is 12.8. The van der Waals surface area contributed by atoms with Gasteiger partial charge in [-0.25, -0.2) is 4.39 Å². The summed E-state index contributed by atoms with van der Waals surface area (Å²) in [5.74, 6) is -0.254. The zero-order valence-electron chi connectivity index (χ0n) is 6.97. The second-order valence-electron chi connectivity index (χ2n) is 2.67. The number of benzene rings is 1. The van der Waals surface area contributed by atoms with Crippen LogP contribution in [0.4, 0.5) is 10.1 Å². The molecule has 1 rings (SSSR count). The van der Waals surface area contributed by atoms with Crippen molar-refractivity contribution in [1.82, 2.24) is 0 Å². The van der Waals surface area contributed by atoms with E-state index in [1.165, 1.54) is 12.1 Å². The topological polar surface area (TPSA) is 32.3 Å². The van der Waals surface area contributed by atoms with Crippen molar-refractivity contribution >= 4 is 5.69 Å². The molecule has 1 aromatic rings. The molecule has 1 aromatic carbocycles. The molecule has 0 saturated heterocycles. The van der Waals surface area contributed by atoms with Crippen molar-refractivity contribution in [2.45, 2.75) is 6.92 Å². The lowest BCUT2D eigenvalue weighted by Crippen LogP contribution is -2.05. The highest BCUT2D eigenvalue weighted by molar-refractivity contribution is 5.45. The third-order valence-electron chi connectivity index (χ3n) is 1.48. The van der Waals surface area contributed by atoms with Gasteiger partial charge >= 0.3 is 0 Å². The van der Waals surface area contributed by atoms with E-state index >= 15 is 0 Å². The van der Waals surface area contributed by atoms with Crippen molar-refractivity contribution in [3.63, 3.8) is 0 Å². The molecule has 0 spiro atoms. The average molecular weight is 169 g/mol. The Morgan fingerprint density at radius 1 is 1.42 bits per heavy atom. The molecule has 0 fully saturated rings. The van der Waals surface area contributed by atoms with Crippen LogP contribution in [-0.4, -0.2) is 18.3 Å². The Balaban J connectivity index is 2.72. The summed E-state index contributed by atoms with van der Waals surface area (Å²) < 4.78 is 12.8. The fourth-order valence-electron chi connectivity index (χ4n) is 1.04. The van der Waals surface area contributed by atoms with Gasteiger partial charge in [0, 0.05) is 12.2 Å². The van der Waals surface area contributed by atoms with E-state index in [1.54, 1.807) is 0 Å². The van der Waals surface area contributed by atoms with Crippen LogP contribution in [0.15, 0.2) is 18.2 Å². The molecule has 0 bridgehead atoms. The standard InChI is InChI=1S/C9H12FNO/c1-7-4-8(10)6-9(5-7)11-2-3-12/h4-6,11-12H,2-3H2,1H3. The van der Waals surface area contributed by atoms with Crippen molar-refractivity contribution in [2.75, 3.05) is 18.5 Å². The molecular weight excluding hydrogens is 157 g/mol. The fourth-order valence-corrected chi connectivity index (χ4v) is 1.04. The van der Waals surface area contributed by atoms with Crippen LogP contribution in [0.25, 0.3) is 0 Å². The molecular formula is C9H12FNO. The van der Waals surface area contributed by atoms with Gasteiger partial charge in [0.25, 0.3) is 0 Å². The van der Waals surface area contributed by atoms with Crippen LogP contribution in [0.1, 0.15) is 5.56 Å². The zero-order chi connectivity index (χ0) is 8.97. The lowest BCUT2D eigenvalue weighted by Gasteiger charge is -2.04. The van der Waals surface area contributed by atoms with Gasteiger partial charge < -0.3 is 10.4 Å². The highest BCUT2D eigenvalue weighted by Crippen LogP contribution is 2.12. The minimum Gasteiger partial charge on any atom is -0.395 e. The number of aliphatic hydroxyl groups is 1. The largest absolute Gasteiger partial charge is 0.395 e. The first-order chi connectivity index (χ1) is 5.72. The minimum atomic E-state index is -0.254. The molecule has 2 nitrogen and oxygen atoms in total. The molecule has 0 atom stereocenters. The number of aliphatic hydroxyl groups excluding tert-OH is 1. The van der Waals surface area contributed by atoms with E-state index in [1.807, 2.05) is 13.0 Å². The molecule has 0 amide bonds. The van der Waals surface area contributed by atoms with Crippen molar-refractivity contribution in [3.8, 4) is 0 Å². The molecule has 0 aliphatic heterocycles. The first-order valence-electron chi connectivity index (χ1n) is 3.84. The maximum absolute atomic E-state index is 12.8. The van der Waals surface area contributed by atoms with Crippen LogP contribution in [0, 0.1) is 12.7 Å². The van der Waals surface area contributed by atoms with Crippen molar-refractivity contribution in [1.29, 1.82) is 0 Å². The highest BCUT2D eigenvalue weighted by atomic mass is 19.1. The van der Waals surface area contributed by atoms with Gasteiger partial charge in [-0.05, 0) is 30.7 Å². The van der Waals surface area contributed by atoms with Gasteiger partial charge in [-0.1, -0.05) is 0 Å². The Kier molecular flexibility index (Phi) is 3.05. The van der Waals surface area contributed by atoms with Crippen LogP contribution < -0.4 is 5.32 Å². The molecule has 0 saturated carbocycles. The maximum Gasteiger partial charge on any atom is 0.125 e. The minimum absolute atomic E-state index is 0.0512. The third kappa shape index (κ3) is 2.51. The lowest BCUT2D eigenvalue weighted by molar-refractivity contribution is 0.311. The Hall–Kier alpha value is -1.09. The van der Waals surface area contributed by atoms with E-state index in [9.17, 15) is 4.39 Å². The zero-order valence-corrected chi connectivity index (χ0v) is 6.97. The van der Waals surface area contributed by atoms with Gasteiger partial charge in [-0.2, -0.15) is 0 Å². The van der Waals surface area contributed by atoms with E-state index in [0.717, 1.165) is 5.56 Å². The van der Waals surface area contributed by atoms with Crippen LogP contribution in [-0.2, 0) is 0 Å². The highest BCUT2D eigenvalue weighted by Gasteiger charge is 1.95. The number of anilines is 1. The Bertz CT molecular complexity index is 242. The fraction of sp³-hybridized carbons (Fsp3) is 0.333. The third-order valence-corrected chi connectivity index (χ3v) is 1.48. The summed E-state index contributed by atoms with van der Waals surface area (Å²) >= 11 is 0. The molecule has 12 heavy (non-hydrogen) atoms. The van der Waals surface area contributed by atoms with Gasteiger partial charge in [0.15, 0.2) is 0 Å². The van der Waals surface area contributed by atoms with Crippen LogP contribution in [0.2, 0.25) is 0 Å². The lowest BCUT2D eigenvalue weighted by atomic mass is 10.2. The number of hydrogen-bond donors (Lipinski definition) is 2. The van der Waals surface area contributed by atoms with Crippen molar-refractivity contribution < 1.29 is 9.50 Å². The summed E-state index contributed by atoms with van der Waals surface area (Å²) in [7, 11) is 0. The van der Waals surface area contributed by atoms with Crippen LogP contribution in [0.3, 0.4) is 0 Å². The SMILES string of the molecule is Cc1cc(F)cc(NCCO)c1. The van der Waals surface area contributed by atoms with E-state index in [4.69, 9.17) is 5.11 Å². The molecule has 0 radical (unpaired) electrons. The second kappa shape index (κ2) is 4.07. The number of hydrogen-bond acceptors (Lipinski definition) is 2. The van der Waals surface area contributed by atoms with Crippen LogP contribution >= 0.6 is 0 Å². The summed E-state index contributed by atoms with van der Waals surface area (Å²) in [4.78, 5) is 0. The van der Waals surface area contributed by atoms with E-state index in [0.29, 0.717) is 12.2 Å². The smallest absolute Gasteiger partial charge is 0.125 e. The van der Waals surface area contributed by atoms with Crippen molar-refractivity contribution in [3.05, 3.63) is 29.6 Å². The Morgan fingerprint density at radius 3 is 2.75 bits per heavy atom. The Labute approximate surface area is 71.0 Å². The Morgan fingerprint density at radius 2 is 2.17 bits per heavy atom. The average Bonchev–Trinajstić information content (AvgIpc) is 1.99. The molecule has 0 unspecified atom stereocenters. The van der Waals surface area contributed by atoms with E-state index < -0.39 is 0 Å². The number of aryl methyl sites for hydroxylation is 1. The molecule has 0 aromatic heterocycles. The summed E-state index contributed by atoms with van der Waals surface area (Å²) in [6.45, 7) is 2.33. The quantitative estimate of drug-likeness (QED) is 0.719. The van der Waals surface area contributed by atoms with Gasteiger partial charge in [-0.3, -0.25) is 0 Å². The molecule has 0 aliphatic carbocycles. The first kappa shape index (κ1) is 9.00. The summed E-state index contributed by atoms with van der Waals surface area (Å²) in [6.07, 6.45) is 0. The number of halogens is 1. The molecule has 2 N–H and O–H groups in total. The predicted molar refractivity (Wildman–Crippen MR) is 46.7 cm³/mol. The van der Waals surface area contributed by atoms with Crippen molar-refractivity contribution in [2.24, 2.45) is 0 Å². The van der Waals surface area contributed by atoms with E-state index in [-0.39, 0.29) is 12.4 Å². The van der Waals surface area contributed by atoms with Gasteiger partial charge in [-0.15, -0.1) is 0 Å². The summed E-state index contributed by atoms with van der Waals surface area (Å²) in [6, 6.07) is 4.70. The summed E-state index contributed by atoms with van der Waals surface area (Å²) in [5.41, 5.74) is 1.58. The van der Waals surface area contributed by atoms with Crippen LogP contribution in [0.5, 0.6) is 0 Å². The monoisotopic (exact) mass is 169 g/mol. The van der Waals surface area contributed by atoms with Gasteiger partial charge in [0.1, 0.15) is 5.82 Å². The van der Waals surface area contributed by atoms with Gasteiger partial charge in [0.2, 0.25) is 0 Å². The summed E-state index contributed by atoms with van der Waals surface area (Å²) in [5, 5.41) is 11.4. The van der Waals surface area contributed by atoms with Gasteiger partial charge in [0.05, 0.1) is 6.61 Å². The molecule has 0 aliphatic rings. The predicted octanol–water partition coefficient (Wildman–Crippen LogP) is 1.54. The number of nitrogens with one attached hydrogen (secondary N) is 1. The number of rotatable bonds is 3. The van der Waals surface area contributed by atoms with E-state index in [2.05, 4.69) is 5.32 Å². The first-order valence-corrected chi connectivity index (χ1v) is 3.84. The molecule has 3 heteroatoms.